The number of rotatable bonds is 6. The van der Waals surface area contributed by atoms with Gasteiger partial charge in [0, 0.05) is 18.0 Å². The Balaban J connectivity index is 2.71. The van der Waals surface area contributed by atoms with E-state index in [0.29, 0.717) is 23.9 Å². The molecule has 1 atom stereocenters. The zero-order valence-electron chi connectivity index (χ0n) is 11.2. The van der Waals surface area contributed by atoms with Gasteiger partial charge in [0.1, 0.15) is 0 Å². The van der Waals surface area contributed by atoms with Gasteiger partial charge in [0.05, 0.1) is 6.04 Å². The van der Waals surface area contributed by atoms with Crippen LogP contribution in [0.2, 0.25) is 5.02 Å². The zero-order chi connectivity index (χ0) is 13.5. The van der Waals surface area contributed by atoms with Gasteiger partial charge in [-0.25, -0.2) is 0 Å². The van der Waals surface area contributed by atoms with Gasteiger partial charge in [0.2, 0.25) is 5.91 Å². The molecule has 1 aromatic rings. The fourth-order valence-corrected chi connectivity index (χ4v) is 1.92. The molecule has 0 aliphatic heterocycles. The van der Waals surface area contributed by atoms with Gasteiger partial charge in [-0.2, -0.15) is 0 Å². The van der Waals surface area contributed by atoms with Crippen molar-refractivity contribution in [3.8, 4) is 0 Å². The van der Waals surface area contributed by atoms with Crippen LogP contribution in [0.25, 0.3) is 0 Å². The van der Waals surface area contributed by atoms with E-state index in [1.165, 1.54) is 0 Å². The van der Waals surface area contributed by atoms with Gasteiger partial charge in [-0.15, -0.1) is 0 Å². The lowest BCUT2D eigenvalue weighted by molar-refractivity contribution is -0.122. The molecule has 2 N–H and O–H groups in total. The first-order valence-corrected chi connectivity index (χ1v) is 6.61. The third kappa shape index (κ3) is 4.67. The van der Waals surface area contributed by atoms with Gasteiger partial charge < -0.3 is 10.6 Å². The second-order valence-corrected chi connectivity index (χ2v) is 5.13. The molecule has 0 radical (unpaired) electrons. The van der Waals surface area contributed by atoms with Crippen LogP contribution in [-0.2, 0) is 4.79 Å². The summed E-state index contributed by atoms with van der Waals surface area (Å²) in [4.78, 5) is 11.8. The molecule has 1 amide bonds. The van der Waals surface area contributed by atoms with E-state index < -0.39 is 0 Å². The number of benzene rings is 1. The Morgan fingerprint density at radius 1 is 1.28 bits per heavy atom. The second-order valence-electron chi connectivity index (χ2n) is 4.69. The quantitative estimate of drug-likeness (QED) is 0.833. The van der Waals surface area contributed by atoms with E-state index >= 15 is 0 Å². The Labute approximate surface area is 114 Å². The van der Waals surface area contributed by atoms with Crippen LogP contribution in [0.4, 0.5) is 0 Å². The van der Waals surface area contributed by atoms with Crippen molar-refractivity contribution in [2.24, 2.45) is 5.92 Å². The first-order valence-electron chi connectivity index (χ1n) is 6.24. The van der Waals surface area contributed by atoms with Gasteiger partial charge in [-0.05, 0) is 30.7 Å². The molecule has 1 unspecified atom stereocenters. The van der Waals surface area contributed by atoms with Crippen LogP contribution in [0.3, 0.4) is 0 Å². The van der Waals surface area contributed by atoms with E-state index in [0.717, 1.165) is 5.56 Å². The standard InChI is InChI=1S/C14H21ClN2O/c1-10(2)14(17-13(18)8-9-16-3)11-4-6-12(15)7-5-11/h4-7,10,14,16H,8-9H2,1-3H3,(H,17,18). The maximum atomic E-state index is 11.8. The molecule has 0 aromatic heterocycles. The summed E-state index contributed by atoms with van der Waals surface area (Å²) in [5.41, 5.74) is 1.09. The molecular formula is C14H21ClN2O. The fraction of sp³-hybridized carbons (Fsp3) is 0.500. The van der Waals surface area contributed by atoms with Crippen LogP contribution in [0.5, 0.6) is 0 Å². The summed E-state index contributed by atoms with van der Waals surface area (Å²) in [5.74, 6) is 0.405. The lowest BCUT2D eigenvalue weighted by atomic mass is 9.96. The Bertz CT molecular complexity index is 376. The number of hydrogen-bond acceptors (Lipinski definition) is 2. The summed E-state index contributed by atoms with van der Waals surface area (Å²) < 4.78 is 0. The maximum Gasteiger partial charge on any atom is 0.221 e. The highest BCUT2D eigenvalue weighted by Gasteiger charge is 2.17. The minimum atomic E-state index is 0.0339. The van der Waals surface area contributed by atoms with Crippen molar-refractivity contribution in [3.63, 3.8) is 0 Å². The first kappa shape index (κ1) is 15.0. The number of carbonyl (C=O) groups is 1. The normalized spacial score (nSPS) is 12.5. The van der Waals surface area contributed by atoms with Crippen molar-refractivity contribution < 1.29 is 4.79 Å². The van der Waals surface area contributed by atoms with Crippen LogP contribution in [0.15, 0.2) is 24.3 Å². The highest BCUT2D eigenvalue weighted by molar-refractivity contribution is 6.30. The molecule has 0 saturated heterocycles. The van der Waals surface area contributed by atoms with Crippen LogP contribution in [0.1, 0.15) is 31.9 Å². The third-order valence-electron chi connectivity index (χ3n) is 2.81. The molecule has 0 bridgehead atoms. The smallest absolute Gasteiger partial charge is 0.221 e. The lowest BCUT2D eigenvalue weighted by Gasteiger charge is -2.23. The summed E-state index contributed by atoms with van der Waals surface area (Å²) in [7, 11) is 1.84. The number of amides is 1. The van der Waals surface area contributed by atoms with E-state index in [4.69, 9.17) is 11.6 Å². The highest BCUT2D eigenvalue weighted by Crippen LogP contribution is 2.23. The van der Waals surface area contributed by atoms with Crippen LogP contribution < -0.4 is 10.6 Å². The molecule has 100 valence electrons. The van der Waals surface area contributed by atoms with Gasteiger partial charge in [0.15, 0.2) is 0 Å². The molecule has 0 fully saturated rings. The van der Waals surface area contributed by atoms with Crippen LogP contribution in [0, 0.1) is 5.92 Å². The summed E-state index contributed by atoms with van der Waals surface area (Å²) in [6.07, 6.45) is 0.493. The van der Waals surface area contributed by atoms with E-state index in [2.05, 4.69) is 24.5 Å². The maximum absolute atomic E-state index is 11.8. The first-order chi connectivity index (χ1) is 8.54. The number of carbonyl (C=O) groups excluding carboxylic acids is 1. The number of halogens is 1. The molecule has 1 rings (SSSR count). The Morgan fingerprint density at radius 3 is 2.39 bits per heavy atom. The molecule has 0 heterocycles. The number of hydrogen-bond donors (Lipinski definition) is 2. The van der Waals surface area contributed by atoms with Crippen LogP contribution in [-0.4, -0.2) is 19.5 Å². The SMILES string of the molecule is CNCCC(=O)NC(c1ccc(Cl)cc1)C(C)C. The fourth-order valence-electron chi connectivity index (χ4n) is 1.79. The van der Waals surface area contributed by atoms with Crippen molar-refractivity contribution >= 4 is 17.5 Å². The molecule has 1 aromatic carbocycles. The van der Waals surface area contributed by atoms with Gasteiger partial charge >= 0.3 is 0 Å². The second kappa shape index (κ2) is 7.39. The van der Waals surface area contributed by atoms with E-state index in [-0.39, 0.29) is 11.9 Å². The van der Waals surface area contributed by atoms with Crippen molar-refractivity contribution in [2.45, 2.75) is 26.3 Å². The summed E-state index contributed by atoms with van der Waals surface area (Å²) >= 11 is 5.87. The van der Waals surface area contributed by atoms with Gasteiger partial charge in [-0.3, -0.25) is 4.79 Å². The summed E-state index contributed by atoms with van der Waals surface area (Å²) in [6, 6.07) is 7.67. The Hall–Kier alpha value is -1.06. The Morgan fingerprint density at radius 2 is 1.89 bits per heavy atom. The predicted octanol–water partition coefficient (Wildman–Crippen LogP) is 2.76. The molecule has 0 aliphatic carbocycles. The molecule has 0 saturated carbocycles. The minimum absolute atomic E-state index is 0.0339. The summed E-state index contributed by atoms with van der Waals surface area (Å²) in [6.45, 7) is 4.88. The van der Waals surface area contributed by atoms with Crippen molar-refractivity contribution in [1.82, 2.24) is 10.6 Å². The lowest BCUT2D eigenvalue weighted by Crippen LogP contribution is -2.33. The molecular weight excluding hydrogens is 248 g/mol. The largest absolute Gasteiger partial charge is 0.349 e. The molecule has 3 nitrogen and oxygen atoms in total. The van der Waals surface area contributed by atoms with Crippen molar-refractivity contribution in [3.05, 3.63) is 34.9 Å². The van der Waals surface area contributed by atoms with Crippen molar-refractivity contribution in [2.75, 3.05) is 13.6 Å². The Kier molecular flexibility index (Phi) is 6.16. The highest BCUT2D eigenvalue weighted by atomic mass is 35.5. The van der Waals surface area contributed by atoms with E-state index in [9.17, 15) is 4.79 Å². The zero-order valence-corrected chi connectivity index (χ0v) is 11.9. The van der Waals surface area contributed by atoms with E-state index in [1.54, 1.807) is 0 Å². The van der Waals surface area contributed by atoms with E-state index in [1.807, 2.05) is 31.3 Å². The molecule has 18 heavy (non-hydrogen) atoms. The van der Waals surface area contributed by atoms with Gasteiger partial charge in [0.25, 0.3) is 0 Å². The van der Waals surface area contributed by atoms with Gasteiger partial charge in [-0.1, -0.05) is 37.6 Å². The topological polar surface area (TPSA) is 41.1 Å². The molecule has 0 spiro atoms. The predicted molar refractivity (Wildman–Crippen MR) is 75.7 cm³/mol. The monoisotopic (exact) mass is 268 g/mol. The average Bonchev–Trinajstić information content (AvgIpc) is 2.34. The summed E-state index contributed by atoms with van der Waals surface area (Å²) in [5, 5.41) is 6.75. The number of nitrogens with one attached hydrogen (secondary N) is 2. The van der Waals surface area contributed by atoms with Crippen molar-refractivity contribution in [1.29, 1.82) is 0 Å². The van der Waals surface area contributed by atoms with Crippen LogP contribution >= 0.6 is 11.6 Å². The third-order valence-corrected chi connectivity index (χ3v) is 3.07. The molecule has 4 heteroatoms. The minimum Gasteiger partial charge on any atom is -0.349 e. The average molecular weight is 269 g/mol. The molecule has 0 aliphatic rings.